The molecule has 1 amide bonds. The molecule has 0 aliphatic heterocycles. The largest absolute Gasteiger partial charge is 0.348 e. The predicted octanol–water partition coefficient (Wildman–Crippen LogP) is 4.38. The molecule has 2 aromatic rings. The van der Waals surface area contributed by atoms with E-state index in [1.54, 1.807) is 18.2 Å². The fourth-order valence-electron chi connectivity index (χ4n) is 2.19. The fraction of sp³-hybridized carbons (Fsp3) is 0.211. The number of amides is 1. The molecule has 2 rings (SSSR count). The molecule has 0 aromatic heterocycles. The van der Waals surface area contributed by atoms with Gasteiger partial charge in [-0.1, -0.05) is 59.6 Å². The highest BCUT2D eigenvalue weighted by Crippen LogP contribution is 2.26. The van der Waals surface area contributed by atoms with Crippen LogP contribution in [0.3, 0.4) is 0 Å². The normalized spacial score (nSPS) is 11.2. The molecule has 0 aliphatic rings. The van der Waals surface area contributed by atoms with Crippen LogP contribution >= 0.6 is 23.2 Å². The van der Waals surface area contributed by atoms with Gasteiger partial charge >= 0.3 is 0 Å². The van der Waals surface area contributed by atoms with Crippen LogP contribution in [0.1, 0.15) is 16.7 Å². The fourth-order valence-corrected chi connectivity index (χ4v) is 2.56. The zero-order valence-electron chi connectivity index (χ0n) is 13.7. The summed E-state index contributed by atoms with van der Waals surface area (Å²) in [7, 11) is 4.07. The highest BCUT2D eigenvalue weighted by molar-refractivity contribution is 6.42. The number of rotatable bonds is 6. The first-order valence-corrected chi connectivity index (χ1v) is 8.34. The summed E-state index contributed by atoms with van der Waals surface area (Å²) >= 11 is 12.0. The Morgan fingerprint density at radius 1 is 1.08 bits per heavy atom. The molecule has 0 saturated heterocycles. The monoisotopic (exact) mass is 362 g/mol. The van der Waals surface area contributed by atoms with Crippen LogP contribution in [-0.2, 0) is 17.9 Å². The SMILES string of the molecule is CN(C)Cc1ccc(CNC(=O)/C=C/c2cccc(Cl)c2Cl)cc1. The zero-order valence-corrected chi connectivity index (χ0v) is 15.2. The molecule has 0 spiro atoms. The van der Waals surface area contributed by atoms with Gasteiger partial charge in [0, 0.05) is 19.2 Å². The summed E-state index contributed by atoms with van der Waals surface area (Å²) in [6.45, 7) is 1.38. The van der Waals surface area contributed by atoms with Gasteiger partial charge in [0.05, 0.1) is 10.0 Å². The molecule has 0 heterocycles. The predicted molar refractivity (Wildman–Crippen MR) is 101 cm³/mol. The van der Waals surface area contributed by atoms with E-state index in [9.17, 15) is 4.79 Å². The first-order chi connectivity index (χ1) is 11.5. The maximum absolute atomic E-state index is 11.9. The standard InChI is InChI=1S/C19H20Cl2N2O/c1-23(2)13-15-8-6-14(7-9-15)12-22-18(24)11-10-16-4-3-5-17(20)19(16)21/h3-11H,12-13H2,1-2H3,(H,22,24)/b11-10+. The van der Waals surface area contributed by atoms with Crippen LogP contribution in [0, 0.1) is 0 Å². The summed E-state index contributed by atoms with van der Waals surface area (Å²) in [4.78, 5) is 14.0. The summed E-state index contributed by atoms with van der Waals surface area (Å²) in [5.41, 5.74) is 3.01. The Balaban J connectivity index is 1.89. The van der Waals surface area contributed by atoms with Gasteiger partial charge in [-0.3, -0.25) is 4.79 Å². The van der Waals surface area contributed by atoms with E-state index in [0.29, 0.717) is 22.2 Å². The lowest BCUT2D eigenvalue weighted by Crippen LogP contribution is -2.20. The summed E-state index contributed by atoms with van der Waals surface area (Å²) in [5.74, 6) is -0.177. The van der Waals surface area contributed by atoms with Crippen molar-refractivity contribution in [2.75, 3.05) is 14.1 Å². The van der Waals surface area contributed by atoms with Crippen LogP contribution in [0.4, 0.5) is 0 Å². The minimum Gasteiger partial charge on any atom is -0.348 e. The van der Waals surface area contributed by atoms with Crippen LogP contribution in [0.25, 0.3) is 6.08 Å². The number of benzene rings is 2. The third-order valence-corrected chi connectivity index (χ3v) is 4.22. The van der Waals surface area contributed by atoms with Gasteiger partial charge in [0.25, 0.3) is 0 Å². The number of halogens is 2. The molecule has 0 saturated carbocycles. The van der Waals surface area contributed by atoms with Crippen molar-refractivity contribution in [2.45, 2.75) is 13.1 Å². The smallest absolute Gasteiger partial charge is 0.244 e. The van der Waals surface area contributed by atoms with Gasteiger partial charge in [0.15, 0.2) is 0 Å². The van der Waals surface area contributed by atoms with E-state index >= 15 is 0 Å². The van der Waals surface area contributed by atoms with Crippen LogP contribution in [0.2, 0.25) is 10.0 Å². The maximum Gasteiger partial charge on any atom is 0.244 e. The third kappa shape index (κ3) is 5.68. The van der Waals surface area contributed by atoms with Crippen molar-refractivity contribution in [3.8, 4) is 0 Å². The van der Waals surface area contributed by atoms with Crippen molar-refractivity contribution in [3.63, 3.8) is 0 Å². The quantitative estimate of drug-likeness (QED) is 0.773. The Kier molecular flexibility index (Phi) is 6.85. The molecular weight excluding hydrogens is 343 g/mol. The third-order valence-electron chi connectivity index (χ3n) is 3.38. The number of nitrogens with zero attached hydrogens (tertiary/aromatic N) is 1. The highest BCUT2D eigenvalue weighted by atomic mass is 35.5. The molecule has 0 bridgehead atoms. The Morgan fingerprint density at radius 2 is 1.75 bits per heavy atom. The summed E-state index contributed by atoms with van der Waals surface area (Å²) in [6, 6.07) is 13.5. The average Bonchev–Trinajstić information content (AvgIpc) is 2.55. The van der Waals surface area contributed by atoms with E-state index in [1.807, 2.05) is 32.3 Å². The molecule has 0 unspecified atom stereocenters. The molecule has 0 fully saturated rings. The van der Waals surface area contributed by atoms with Crippen LogP contribution in [0.5, 0.6) is 0 Å². The molecule has 0 atom stereocenters. The van der Waals surface area contributed by atoms with Gasteiger partial charge in [-0.2, -0.15) is 0 Å². The number of carbonyl (C=O) groups excluding carboxylic acids is 1. The minimum absolute atomic E-state index is 0.177. The lowest BCUT2D eigenvalue weighted by atomic mass is 10.1. The second-order valence-corrected chi connectivity index (χ2v) is 6.53. The highest BCUT2D eigenvalue weighted by Gasteiger charge is 2.02. The topological polar surface area (TPSA) is 32.3 Å². The van der Waals surface area contributed by atoms with E-state index in [-0.39, 0.29) is 5.91 Å². The number of hydrogen-bond acceptors (Lipinski definition) is 2. The summed E-state index contributed by atoms with van der Waals surface area (Å²) in [5, 5.41) is 3.76. The number of carbonyl (C=O) groups is 1. The van der Waals surface area contributed by atoms with Gasteiger partial charge in [-0.05, 0) is 42.9 Å². The van der Waals surface area contributed by atoms with Crippen molar-refractivity contribution in [1.29, 1.82) is 0 Å². The van der Waals surface area contributed by atoms with Crippen LogP contribution in [-0.4, -0.2) is 24.9 Å². The van der Waals surface area contributed by atoms with Crippen molar-refractivity contribution in [2.24, 2.45) is 0 Å². The average molecular weight is 363 g/mol. The molecule has 0 radical (unpaired) electrons. The zero-order chi connectivity index (χ0) is 17.5. The molecule has 3 nitrogen and oxygen atoms in total. The Morgan fingerprint density at radius 3 is 2.42 bits per heavy atom. The van der Waals surface area contributed by atoms with Crippen molar-refractivity contribution < 1.29 is 4.79 Å². The van der Waals surface area contributed by atoms with Crippen molar-refractivity contribution >= 4 is 35.2 Å². The van der Waals surface area contributed by atoms with Gasteiger partial charge in [-0.25, -0.2) is 0 Å². The molecule has 126 valence electrons. The molecule has 5 heteroatoms. The number of nitrogens with one attached hydrogen (secondary N) is 1. The Hall–Kier alpha value is -1.81. The van der Waals surface area contributed by atoms with Crippen molar-refractivity contribution in [3.05, 3.63) is 75.3 Å². The molecule has 2 aromatic carbocycles. The van der Waals surface area contributed by atoms with Crippen molar-refractivity contribution in [1.82, 2.24) is 10.2 Å². The van der Waals surface area contributed by atoms with E-state index in [2.05, 4.69) is 22.3 Å². The second-order valence-electron chi connectivity index (χ2n) is 5.75. The van der Waals surface area contributed by atoms with E-state index < -0.39 is 0 Å². The summed E-state index contributed by atoms with van der Waals surface area (Å²) < 4.78 is 0. The van der Waals surface area contributed by atoms with E-state index in [1.165, 1.54) is 11.6 Å². The second kappa shape index (κ2) is 8.88. The molecule has 1 N–H and O–H groups in total. The maximum atomic E-state index is 11.9. The van der Waals surface area contributed by atoms with E-state index in [0.717, 1.165) is 12.1 Å². The van der Waals surface area contributed by atoms with Gasteiger partial charge < -0.3 is 10.2 Å². The van der Waals surface area contributed by atoms with Gasteiger partial charge in [-0.15, -0.1) is 0 Å². The first kappa shape index (κ1) is 18.5. The number of hydrogen-bond donors (Lipinski definition) is 1. The first-order valence-electron chi connectivity index (χ1n) is 7.58. The summed E-state index contributed by atoms with van der Waals surface area (Å²) in [6.07, 6.45) is 3.11. The molecule has 0 aliphatic carbocycles. The van der Waals surface area contributed by atoms with Crippen LogP contribution in [0.15, 0.2) is 48.5 Å². The molecular formula is C19H20Cl2N2O. The van der Waals surface area contributed by atoms with Gasteiger partial charge in [0.1, 0.15) is 0 Å². The Bertz CT molecular complexity index is 725. The van der Waals surface area contributed by atoms with Gasteiger partial charge in [0.2, 0.25) is 5.91 Å². The van der Waals surface area contributed by atoms with Crippen LogP contribution < -0.4 is 5.32 Å². The molecule has 24 heavy (non-hydrogen) atoms. The Labute approximate surface area is 152 Å². The van der Waals surface area contributed by atoms with E-state index in [4.69, 9.17) is 23.2 Å². The lowest BCUT2D eigenvalue weighted by molar-refractivity contribution is -0.116. The minimum atomic E-state index is -0.177. The lowest BCUT2D eigenvalue weighted by Gasteiger charge is -2.10.